The third kappa shape index (κ3) is 2.67. The monoisotopic (exact) mass is 234 g/mol. The quantitative estimate of drug-likeness (QED) is 0.598. The van der Waals surface area contributed by atoms with Crippen LogP contribution in [0.25, 0.3) is 10.6 Å². The Hall–Kier alpha value is -1.13. The fourth-order valence-electron chi connectivity index (χ4n) is 1.10. The molecule has 0 aliphatic carbocycles. The lowest BCUT2D eigenvalue weighted by Gasteiger charge is -1.91. The zero-order valence-electron chi connectivity index (χ0n) is 8.09. The van der Waals surface area contributed by atoms with Crippen LogP contribution >= 0.6 is 23.1 Å². The molecule has 4 heteroatoms. The summed E-state index contributed by atoms with van der Waals surface area (Å²) < 4.78 is 0.994. The molecule has 2 rings (SSSR count). The Labute approximate surface area is 97.1 Å². The Morgan fingerprint density at radius 2 is 2.07 bits per heavy atom. The standard InChI is InChI=1S/C11H10N2S2/c1-2-8-14-11-13-12-10(15-11)9-6-4-3-5-7-9/h2-7H,1,8H2. The van der Waals surface area contributed by atoms with Gasteiger partial charge in [0.1, 0.15) is 5.01 Å². The molecule has 0 atom stereocenters. The molecule has 2 nitrogen and oxygen atoms in total. The highest BCUT2D eigenvalue weighted by molar-refractivity contribution is 8.01. The van der Waals surface area contributed by atoms with Gasteiger partial charge in [-0.15, -0.1) is 16.8 Å². The molecule has 1 aromatic heterocycles. The molecule has 0 aliphatic rings. The Kier molecular flexibility index (Phi) is 3.53. The van der Waals surface area contributed by atoms with Crippen molar-refractivity contribution < 1.29 is 0 Å². The molecule has 0 aliphatic heterocycles. The number of hydrogen-bond donors (Lipinski definition) is 0. The van der Waals surface area contributed by atoms with Crippen molar-refractivity contribution in [1.82, 2.24) is 10.2 Å². The number of benzene rings is 1. The van der Waals surface area contributed by atoms with Gasteiger partial charge in [-0.05, 0) is 0 Å². The van der Waals surface area contributed by atoms with Crippen LogP contribution in [-0.2, 0) is 0 Å². The first-order valence-corrected chi connectivity index (χ1v) is 6.33. The fraction of sp³-hybridized carbons (Fsp3) is 0.0909. The second-order valence-corrected chi connectivity index (χ2v) is 5.08. The maximum Gasteiger partial charge on any atom is 0.174 e. The van der Waals surface area contributed by atoms with Crippen molar-refractivity contribution in [2.45, 2.75) is 4.34 Å². The molecule has 0 amide bonds. The predicted octanol–water partition coefficient (Wildman–Crippen LogP) is 3.48. The van der Waals surface area contributed by atoms with Gasteiger partial charge in [-0.2, -0.15) is 0 Å². The molecule has 1 heterocycles. The van der Waals surface area contributed by atoms with E-state index in [4.69, 9.17) is 0 Å². The number of aromatic nitrogens is 2. The maximum atomic E-state index is 4.15. The van der Waals surface area contributed by atoms with Gasteiger partial charge in [0.25, 0.3) is 0 Å². The van der Waals surface area contributed by atoms with Crippen LogP contribution in [0.4, 0.5) is 0 Å². The van der Waals surface area contributed by atoms with Crippen LogP contribution in [0.15, 0.2) is 47.3 Å². The molecule has 0 saturated heterocycles. The zero-order valence-corrected chi connectivity index (χ0v) is 9.72. The molecule has 1 aromatic carbocycles. The van der Waals surface area contributed by atoms with Crippen LogP contribution < -0.4 is 0 Å². The van der Waals surface area contributed by atoms with Crippen LogP contribution in [-0.4, -0.2) is 16.0 Å². The average molecular weight is 234 g/mol. The SMILES string of the molecule is C=CCSc1nnc(-c2ccccc2)s1. The summed E-state index contributed by atoms with van der Waals surface area (Å²) in [7, 11) is 0. The van der Waals surface area contributed by atoms with E-state index >= 15 is 0 Å². The van der Waals surface area contributed by atoms with Gasteiger partial charge in [0, 0.05) is 11.3 Å². The largest absolute Gasteiger partial charge is 0.174 e. The number of nitrogens with zero attached hydrogens (tertiary/aromatic N) is 2. The van der Waals surface area contributed by atoms with Crippen molar-refractivity contribution in [2.75, 3.05) is 5.75 Å². The molecular formula is C11H10N2S2. The van der Waals surface area contributed by atoms with E-state index in [1.807, 2.05) is 36.4 Å². The molecule has 0 N–H and O–H groups in total. The van der Waals surface area contributed by atoms with Gasteiger partial charge in [-0.3, -0.25) is 0 Å². The summed E-state index contributed by atoms with van der Waals surface area (Å²) in [5.74, 6) is 0.878. The topological polar surface area (TPSA) is 25.8 Å². The van der Waals surface area contributed by atoms with Gasteiger partial charge in [-0.25, -0.2) is 0 Å². The average Bonchev–Trinajstić information content (AvgIpc) is 2.76. The minimum atomic E-state index is 0.878. The van der Waals surface area contributed by atoms with Crippen LogP contribution in [0.1, 0.15) is 0 Å². The molecule has 0 spiro atoms. The van der Waals surface area contributed by atoms with E-state index in [-0.39, 0.29) is 0 Å². The molecule has 0 radical (unpaired) electrons. The van der Waals surface area contributed by atoms with E-state index in [1.165, 1.54) is 0 Å². The van der Waals surface area contributed by atoms with Gasteiger partial charge in [0.15, 0.2) is 4.34 Å². The van der Waals surface area contributed by atoms with Crippen molar-refractivity contribution in [3.8, 4) is 10.6 Å². The Morgan fingerprint density at radius 3 is 2.80 bits per heavy atom. The molecule has 0 saturated carbocycles. The lowest BCUT2D eigenvalue weighted by atomic mass is 10.2. The third-order valence-electron chi connectivity index (χ3n) is 1.75. The van der Waals surface area contributed by atoms with Crippen molar-refractivity contribution in [3.63, 3.8) is 0 Å². The van der Waals surface area contributed by atoms with Gasteiger partial charge < -0.3 is 0 Å². The van der Waals surface area contributed by atoms with Crippen LogP contribution in [0.2, 0.25) is 0 Å². The molecule has 0 fully saturated rings. The third-order valence-corrected chi connectivity index (χ3v) is 3.85. The van der Waals surface area contributed by atoms with Gasteiger partial charge in [0.05, 0.1) is 0 Å². The Balaban J connectivity index is 2.17. The minimum Gasteiger partial charge on any atom is -0.137 e. The normalized spacial score (nSPS) is 10.1. The lowest BCUT2D eigenvalue weighted by Crippen LogP contribution is -1.75. The minimum absolute atomic E-state index is 0.878. The summed E-state index contributed by atoms with van der Waals surface area (Å²) in [5, 5.41) is 9.24. The highest BCUT2D eigenvalue weighted by Gasteiger charge is 2.05. The molecule has 0 unspecified atom stereocenters. The number of hydrogen-bond acceptors (Lipinski definition) is 4. The number of rotatable bonds is 4. The second kappa shape index (κ2) is 5.09. The lowest BCUT2D eigenvalue weighted by molar-refractivity contribution is 1.02. The summed E-state index contributed by atoms with van der Waals surface area (Å²) in [4.78, 5) is 0. The first kappa shape index (κ1) is 10.4. The van der Waals surface area contributed by atoms with Crippen molar-refractivity contribution in [1.29, 1.82) is 0 Å². The summed E-state index contributed by atoms with van der Waals surface area (Å²) in [6.45, 7) is 3.68. The highest BCUT2D eigenvalue weighted by atomic mass is 32.2. The summed E-state index contributed by atoms with van der Waals surface area (Å²) in [6, 6.07) is 10.1. The summed E-state index contributed by atoms with van der Waals surface area (Å²) >= 11 is 3.28. The second-order valence-electron chi connectivity index (χ2n) is 2.84. The van der Waals surface area contributed by atoms with Crippen molar-refractivity contribution in [3.05, 3.63) is 43.0 Å². The first-order valence-electron chi connectivity index (χ1n) is 4.53. The van der Waals surface area contributed by atoms with Gasteiger partial charge in [-0.1, -0.05) is 59.5 Å². The smallest absolute Gasteiger partial charge is 0.137 e. The van der Waals surface area contributed by atoms with E-state index in [9.17, 15) is 0 Å². The molecule has 76 valence electrons. The molecule has 15 heavy (non-hydrogen) atoms. The van der Waals surface area contributed by atoms with Crippen molar-refractivity contribution >= 4 is 23.1 Å². The Bertz CT molecular complexity index is 437. The van der Waals surface area contributed by atoms with E-state index in [0.717, 1.165) is 20.7 Å². The van der Waals surface area contributed by atoms with E-state index in [0.29, 0.717) is 0 Å². The van der Waals surface area contributed by atoms with Gasteiger partial charge >= 0.3 is 0 Å². The van der Waals surface area contributed by atoms with E-state index in [2.05, 4.69) is 16.8 Å². The Morgan fingerprint density at radius 1 is 1.27 bits per heavy atom. The van der Waals surface area contributed by atoms with E-state index in [1.54, 1.807) is 23.1 Å². The maximum absolute atomic E-state index is 4.15. The zero-order chi connectivity index (χ0) is 10.5. The first-order chi connectivity index (χ1) is 7.40. The van der Waals surface area contributed by atoms with Crippen molar-refractivity contribution in [2.24, 2.45) is 0 Å². The van der Waals surface area contributed by atoms with Crippen LogP contribution in [0.3, 0.4) is 0 Å². The predicted molar refractivity (Wildman–Crippen MR) is 66.3 cm³/mol. The van der Waals surface area contributed by atoms with E-state index < -0.39 is 0 Å². The van der Waals surface area contributed by atoms with Crippen LogP contribution in [0.5, 0.6) is 0 Å². The summed E-state index contributed by atoms with van der Waals surface area (Å²) in [5.41, 5.74) is 1.13. The highest BCUT2D eigenvalue weighted by Crippen LogP contribution is 2.28. The number of thioether (sulfide) groups is 1. The fourth-order valence-corrected chi connectivity index (χ4v) is 2.71. The molecule has 0 bridgehead atoms. The van der Waals surface area contributed by atoms with Gasteiger partial charge in [0.2, 0.25) is 0 Å². The summed E-state index contributed by atoms with van der Waals surface area (Å²) in [6.07, 6.45) is 1.87. The molecule has 2 aromatic rings. The molecular weight excluding hydrogens is 224 g/mol. The van der Waals surface area contributed by atoms with Crippen LogP contribution in [0, 0.1) is 0 Å².